The van der Waals surface area contributed by atoms with Crippen LogP contribution >= 0.6 is 24.8 Å². The van der Waals surface area contributed by atoms with Gasteiger partial charge in [-0.1, -0.05) is 23.8 Å². The van der Waals surface area contributed by atoms with Crippen LogP contribution in [0, 0.1) is 6.92 Å². The van der Waals surface area contributed by atoms with Crippen molar-refractivity contribution < 1.29 is 0 Å². The number of fused-ring (bicyclic) bond motifs is 2. The summed E-state index contributed by atoms with van der Waals surface area (Å²) < 4.78 is 0. The quantitative estimate of drug-likeness (QED) is 0.853. The van der Waals surface area contributed by atoms with Gasteiger partial charge in [0.25, 0.3) is 0 Å². The molecule has 3 rings (SSSR count). The number of nitrogens with zero attached hydrogens (tertiary/aromatic N) is 1. The lowest BCUT2D eigenvalue weighted by Gasteiger charge is -2.36. The van der Waals surface area contributed by atoms with Crippen molar-refractivity contribution in [3.63, 3.8) is 0 Å². The molecule has 1 aromatic rings. The molecule has 2 aliphatic rings. The van der Waals surface area contributed by atoms with Gasteiger partial charge in [-0.15, -0.1) is 24.8 Å². The van der Waals surface area contributed by atoms with E-state index in [0.717, 1.165) is 0 Å². The highest BCUT2D eigenvalue weighted by Crippen LogP contribution is 2.51. The molecule has 1 aromatic carbocycles. The van der Waals surface area contributed by atoms with E-state index < -0.39 is 0 Å². The van der Waals surface area contributed by atoms with Crippen molar-refractivity contribution in [3.8, 4) is 0 Å². The van der Waals surface area contributed by atoms with E-state index in [4.69, 9.17) is 0 Å². The highest BCUT2D eigenvalue weighted by Gasteiger charge is 2.44. The Balaban J connectivity index is 0.000001000. The fraction of sp³-hybridized carbons (Fsp3) is 0.625. The van der Waals surface area contributed by atoms with Gasteiger partial charge in [-0.2, -0.15) is 0 Å². The second-order valence-electron chi connectivity index (χ2n) is 6.30. The molecule has 20 heavy (non-hydrogen) atoms. The second-order valence-corrected chi connectivity index (χ2v) is 6.30. The zero-order valence-corrected chi connectivity index (χ0v) is 14.2. The highest BCUT2D eigenvalue weighted by atomic mass is 35.5. The largest absolute Gasteiger partial charge is 0.317 e. The van der Waals surface area contributed by atoms with Gasteiger partial charge >= 0.3 is 0 Å². The molecule has 1 fully saturated rings. The maximum Gasteiger partial charge on any atom is 0.0353 e. The SMILES string of the molecule is Cc1ccc2c(c1)C1(CCNCC1)CC2N(C)C.Cl.Cl. The first-order valence-electron chi connectivity index (χ1n) is 7.11. The lowest BCUT2D eigenvalue weighted by Crippen LogP contribution is -2.39. The fourth-order valence-electron chi connectivity index (χ4n) is 3.85. The lowest BCUT2D eigenvalue weighted by molar-refractivity contribution is 0.223. The first kappa shape index (κ1) is 17.8. The van der Waals surface area contributed by atoms with Crippen LogP contribution in [0.1, 0.15) is 42.0 Å². The molecular weight excluding hydrogens is 291 g/mol. The molecule has 0 bridgehead atoms. The van der Waals surface area contributed by atoms with Crippen LogP contribution in [0.2, 0.25) is 0 Å². The molecule has 1 saturated heterocycles. The minimum absolute atomic E-state index is 0. The zero-order chi connectivity index (χ0) is 12.8. The van der Waals surface area contributed by atoms with Crippen LogP contribution in [0.3, 0.4) is 0 Å². The first-order valence-corrected chi connectivity index (χ1v) is 7.11. The molecule has 4 heteroatoms. The minimum atomic E-state index is 0. The predicted octanol–water partition coefficient (Wildman–Crippen LogP) is 3.47. The molecule has 0 radical (unpaired) electrons. The Morgan fingerprint density at radius 1 is 1.15 bits per heavy atom. The van der Waals surface area contributed by atoms with Crippen LogP contribution in [0.25, 0.3) is 0 Å². The number of hydrogen-bond donors (Lipinski definition) is 1. The first-order chi connectivity index (χ1) is 8.62. The summed E-state index contributed by atoms with van der Waals surface area (Å²) in [5.74, 6) is 0. The van der Waals surface area contributed by atoms with Gasteiger partial charge in [0.05, 0.1) is 0 Å². The monoisotopic (exact) mass is 316 g/mol. The summed E-state index contributed by atoms with van der Waals surface area (Å²) in [7, 11) is 4.43. The number of rotatable bonds is 1. The van der Waals surface area contributed by atoms with Crippen LogP contribution in [0.15, 0.2) is 18.2 Å². The molecule has 2 nitrogen and oxygen atoms in total. The summed E-state index contributed by atoms with van der Waals surface area (Å²) in [6, 6.07) is 7.70. The van der Waals surface area contributed by atoms with Crippen molar-refractivity contribution in [2.45, 2.75) is 37.6 Å². The third kappa shape index (κ3) is 2.85. The van der Waals surface area contributed by atoms with Crippen molar-refractivity contribution in [2.75, 3.05) is 27.2 Å². The van der Waals surface area contributed by atoms with E-state index in [1.165, 1.54) is 37.9 Å². The van der Waals surface area contributed by atoms with E-state index in [2.05, 4.69) is 49.4 Å². The normalized spacial score (nSPS) is 23.1. The summed E-state index contributed by atoms with van der Waals surface area (Å²) in [5, 5.41) is 3.51. The molecule has 1 spiro atoms. The van der Waals surface area contributed by atoms with Crippen molar-refractivity contribution in [3.05, 3.63) is 34.9 Å². The van der Waals surface area contributed by atoms with Crippen LogP contribution in [-0.2, 0) is 5.41 Å². The average molecular weight is 317 g/mol. The van der Waals surface area contributed by atoms with E-state index in [1.807, 2.05) is 0 Å². The standard InChI is InChI=1S/C16H24N2.2ClH/c1-12-4-5-13-14(10-12)16(6-8-17-9-7-16)11-15(13)18(2)3;;/h4-5,10,15,17H,6-9,11H2,1-3H3;2*1H. The van der Waals surface area contributed by atoms with Crippen LogP contribution in [0.4, 0.5) is 0 Å². The topological polar surface area (TPSA) is 15.3 Å². The predicted molar refractivity (Wildman–Crippen MR) is 90.5 cm³/mol. The minimum Gasteiger partial charge on any atom is -0.317 e. The van der Waals surface area contributed by atoms with Gasteiger partial charge in [0, 0.05) is 6.04 Å². The highest BCUT2D eigenvalue weighted by molar-refractivity contribution is 5.85. The lowest BCUT2D eigenvalue weighted by atomic mass is 9.74. The Morgan fingerprint density at radius 2 is 1.80 bits per heavy atom. The maximum absolute atomic E-state index is 3.51. The van der Waals surface area contributed by atoms with Gasteiger partial charge in [-0.3, -0.25) is 0 Å². The molecule has 1 N–H and O–H groups in total. The molecule has 1 unspecified atom stereocenters. The number of halogens is 2. The molecule has 114 valence electrons. The molecular formula is C16H26Cl2N2. The van der Waals surface area contributed by atoms with Crippen molar-refractivity contribution in [1.82, 2.24) is 10.2 Å². The van der Waals surface area contributed by atoms with E-state index in [0.29, 0.717) is 11.5 Å². The molecule has 1 aliphatic heterocycles. The summed E-state index contributed by atoms with van der Waals surface area (Å²) in [6.45, 7) is 4.57. The average Bonchev–Trinajstić information content (AvgIpc) is 2.65. The van der Waals surface area contributed by atoms with E-state index >= 15 is 0 Å². The Labute approximate surface area is 135 Å². The summed E-state index contributed by atoms with van der Waals surface area (Å²) in [5.41, 5.74) is 5.07. The number of nitrogens with one attached hydrogen (secondary N) is 1. The summed E-state index contributed by atoms with van der Waals surface area (Å²) in [4.78, 5) is 2.39. The molecule has 0 saturated carbocycles. The molecule has 1 atom stereocenters. The summed E-state index contributed by atoms with van der Waals surface area (Å²) in [6.07, 6.45) is 3.90. The van der Waals surface area contributed by atoms with E-state index in [-0.39, 0.29) is 24.8 Å². The van der Waals surface area contributed by atoms with E-state index in [1.54, 1.807) is 11.1 Å². The third-order valence-electron chi connectivity index (χ3n) is 4.91. The second kappa shape index (κ2) is 6.65. The van der Waals surface area contributed by atoms with Gasteiger partial charge in [-0.25, -0.2) is 0 Å². The molecule has 0 amide bonds. The van der Waals surface area contributed by atoms with Gasteiger partial charge in [0.1, 0.15) is 0 Å². The number of aryl methyl sites for hydroxylation is 1. The molecule has 1 aliphatic carbocycles. The Kier molecular flexibility index (Phi) is 5.91. The van der Waals surface area contributed by atoms with Crippen molar-refractivity contribution >= 4 is 24.8 Å². The molecule has 0 aromatic heterocycles. The van der Waals surface area contributed by atoms with Crippen LogP contribution in [0.5, 0.6) is 0 Å². The van der Waals surface area contributed by atoms with E-state index in [9.17, 15) is 0 Å². The zero-order valence-electron chi connectivity index (χ0n) is 12.6. The van der Waals surface area contributed by atoms with Gasteiger partial charge in [0.2, 0.25) is 0 Å². The van der Waals surface area contributed by atoms with Crippen molar-refractivity contribution in [1.29, 1.82) is 0 Å². The Bertz CT molecular complexity index is 454. The maximum atomic E-state index is 3.51. The van der Waals surface area contributed by atoms with Gasteiger partial charge in [-0.05, 0) is 69.9 Å². The fourth-order valence-corrected chi connectivity index (χ4v) is 3.85. The number of piperidine rings is 1. The molecule has 1 heterocycles. The third-order valence-corrected chi connectivity index (χ3v) is 4.91. The van der Waals surface area contributed by atoms with Crippen LogP contribution in [-0.4, -0.2) is 32.1 Å². The summed E-state index contributed by atoms with van der Waals surface area (Å²) >= 11 is 0. The van der Waals surface area contributed by atoms with Crippen molar-refractivity contribution in [2.24, 2.45) is 0 Å². The smallest absolute Gasteiger partial charge is 0.0353 e. The van der Waals surface area contributed by atoms with Crippen LogP contribution < -0.4 is 5.32 Å². The van der Waals surface area contributed by atoms with Gasteiger partial charge < -0.3 is 10.2 Å². The van der Waals surface area contributed by atoms with Gasteiger partial charge in [0.15, 0.2) is 0 Å². The number of hydrogen-bond acceptors (Lipinski definition) is 2. The Hall–Kier alpha value is -0.280. The number of benzene rings is 1. The Morgan fingerprint density at radius 3 is 2.40 bits per heavy atom.